The average molecular weight is 284 g/mol. The second kappa shape index (κ2) is 7.39. The molecule has 0 aliphatic heterocycles. The van der Waals surface area contributed by atoms with Gasteiger partial charge in [-0.3, -0.25) is 4.79 Å². The molecule has 0 spiro atoms. The predicted octanol–water partition coefficient (Wildman–Crippen LogP) is 3.66. The number of hydrogen-bond donors (Lipinski definition) is 1. The van der Waals surface area contributed by atoms with Gasteiger partial charge in [-0.15, -0.1) is 0 Å². The normalized spacial score (nSPS) is 14.0. The third-order valence-corrected chi connectivity index (χ3v) is 3.45. The minimum atomic E-state index is -0.513. The molecule has 1 N–H and O–H groups in total. The summed E-state index contributed by atoms with van der Waals surface area (Å²) in [5.41, 5.74) is 0. The molecule has 0 aliphatic carbocycles. The Morgan fingerprint density at radius 2 is 1.95 bits per heavy atom. The second-order valence-corrected chi connectivity index (χ2v) is 5.39. The number of hydrogen-bond acceptors (Lipinski definition) is 2. The number of carbonyl (C=O) groups is 1. The summed E-state index contributed by atoms with van der Waals surface area (Å²) >= 11 is 6.03. The zero-order chi connectivity index (χ0) is 14.4. The van der Waals surface area contributed by atoms with Crippen LogP contribution < -0.4 is 10.1 Å². The molecule has 0 unspecified atom stereocenters. The third kappa shape index (κ3) is 4.75. The van der Waals surface area contributed by atoms with E-state index in [2.05, 4.69) is 19.2 Å². The maximum atomic E-state index is 12.1. The van der Waals surface area contributed by atoms with Gasteiger partial charge in [0.25, 0.3) is 5.91 Å². The molecule has 0 saturated heterocycles. The molecule has 0 heterocycles. The van der Waals surface area contributed by atoms with Gasteiger partial charge in [-0.2, -0.15) is 0 Å². The first-order valence-electron chi connectivity index (χ1n) is 6.67. The third-order valence-electron chi connectivity index (χ3n) is 3.14. The lowest BCUT2D eigenvalue weighted by atomic mass is 10.1. The highest BCUT2D eigenvalue weighted by Crippen LogP contribution is 2.24. The Balaban J connectivity index is 2.68. The first-order valence-corrected chi connectivity index (χ1v) is 7.05. The lowest BCUT2D eigenvalue weighted by Gasteiger charge is -2.22. The van der Waals surface area contributed by atoms with Gasteiger partial charge in [0.2, 0.25) is 0 Å². The fraction of sp³-hybridized carbons (Fsp3) is 0.533. The van der Waals surface area contributed by atoms with E-state index in [9.17, 15) is 4.79 Å². The van der Waals surface area contributed by atoms with Crippen LogP contribution in [0.5, 0.6) is 5.75 Å². The highest BCUT2D eigenvalue weighted by molar-refractivity contribution is 6.32. The van der Waals surface area contributed by atoms with Crippen molar-refractivity contribution < 1.29 is 9.53 Å². The fourth-order valence-electron chi connectivity index (χ4n) is 1.50. The maximum Gasteiger partial charge on any atom is 0.261 e. The summed E-state index contributed by atoms with van der Waals surface area (Å²) in [5, 5.41) is 3.48. The van der Waals surface area contributed by atoms with Gasteiger partial charge in [0, 0.05) is 6.04 Å². The van der Waals surface area contributed by atoms with Crippen molar-refractivity contribution >= 4 is 17.5 Å². The Labute approximate surface area is 120 Å². The van der Waals surface area contributed by atoms with Crippen LogP contribution in [0.25, 0.3) is 0 Å². The summed E-state index contributed by atoms with van der Waals surface area (Å²) in [6.45, 7) is 8.05. The van der Waals surface area contributed by atoms with E-state index in [-0.39, 0.29) is 11.9 Å². The molecule has 4 heteroatoms. The summed E-state index contributed by atoms with van der Waals surface area (Å²) in [7, 11) is 0. The van der Waals surface area contributed by atoms with Crippen LogP contribution in [-0.4, -0.2) is 18.1 Å². The van der Waals surface area contributed by atoms with E-state index in [4.69, 9.17) is 16.3 Å². The number of ether oxygens (including phenoxy) is 1. The van der Waals surface area contributed by atoms with Gasteiger partial charge in [-0.1, -0.05) is 44.5 Å². The van der Waals surface area contributed by atoms with Crippen LogP contribution in [0.15, 0.2) is 24.3 Å². The van der Waals surface area contributed by atoms with E-state index in [0.717, 1.165) is 0 Å². The van der Waals surface area contributed by atoms with Crippen molar-refractivity contribution in [1.82, 2.24) is 5.32 Å². The Hall–Kier alpha value is -1.22. The van der Waals surface area contributed by atoms with Gasteiger partial charge in [0.1, 0.15) is 5.75 Å². The SMILES string of the molecule is CC[C@@H](Oc1ccccc1Cl)C(=O)N[C@H](C)C(C)C. The number of nitrogens with one attached hydrogen (secondary N) is 1. The smallest absolute Gasteiger partial charge is 0.261 e. The summed E-state index contributed by atoms with van der Waals surface area (Å²) in [6.07, 6.45) is 0.0862. The first-order chi connectivity index (χ1) is 8.95. The minimum absolute atomic E-state index is 0.0939. The summed E-state index contributed by atoms with van der Waals surface area (Å²) in [4.78, 5) is 12.1. The van der Waals surface area contributed by atoms with Crippen LogP contribution in [0, 0.1) is 5.92 Å². The van der Waals surface area contributed by atoms with E-state index in [1.54, 1.807) is 12.1 Å². The van der Waals surface area contributed by atoms with E-state index in [1.807, 2.05) is 26.0 Å². The summed E-state index contributed by atoms with van der Waals surface area (Å²) in [5.74, 6) is 0.841. The van der Waals surface area contributed by atoms with Crippen LogP contribution in [-0.2, 0) is 4.79 Å². The van der Waals surface area contributed by atoms with E-state index < -0.39 is 6.10 Å². The van der Waals surface area contributed by atoms with Gasteiger partial charge in [-0.05, 0) is 31.4 Å². The molecule has 106 valence electrons. The maximum absolute atomic E-state index is 12.1. The molecular formula is C15H22ClNO2. The number of benzene rings is 1. The highest BCUT2D eigenvalue weighted by Gasteiger charge is 2.21. The zero-order valence-corrected chi connectivity index (χ0v) is 12.7. The summed E-state index contributed by atoms with van der Waals surface area (Å²) < 4.78 is 5.69. The molecule has 1 amide bonds. The molecule has 0 fully saturated rings. The van der Waals surface area contributed by atoms with Crippen LogP contribution >= 0.6 is 11.6 Å². The van der Waals surface area contributed by atoms with Crippen molar-refractivity contribution in [3.8, 4) is 5.75 Å². The molecule has 1 aromatic rings. The van der Waals surface area contributed by atoms with Gasteiger partial charge in [-0.25, -0.2) is 0 Å². The van der Waals surface area contributed by atoms with Crippen LogP contribution in [0.2, 0.25) is 5.02 Å². The Morgan fingerprint density at radius 3 is 2.47 bits per heavy atom. The largest absolute Gasteiger partial charge is 0.479 e. The lowest BCUT2D eigenvalue weighted by molar-refractivity contribution is -0.129. The van der Waals surface area contributed by atoms with Crippen LogP contribution in [0.4, 0.5) is 0 Å². The molecule has 19 heavy (non-hydrogen) atoms. The molecule has 1 aromatic carbocycles. The Morgan fingerprint density at radius 1 is 1.32 bits per heavy atom. The van der Waals surface area contributed by atoms with Gasteiger partial charge in [0.05, 0.1) is 5.02 Å². The fourth-order valence-corrected chi connectivity index (χ4v) is 1.68. The highest BCUT2D eigenvalue weighted by atomic mass is 35.5. The molecule has 0 aliphatic rings. The van der Waals surface area contributed by atoms with Crippen molar-refractivity contribution in [1.29, 1.82) is 0 Å². The standard InChI is InChI=1S/C15H22ClNO2/c1-5-13(15(18)17-11(4)10(2)3)19-14-9-7-6-8-12(14)16/h6-11,13H,5H2,1-4H3,(H,17,18)/t11-,13-/m1/s1. The number of para-hydroxylation sites is 1. The molecule has 0 bridgehead atoms. The molecule has 3 nitrogen and oxygen atoms in total. The van der Waals surface area contributed by atoms with E-state index in [1.165, 1.54) is 0 Å². The van der Waals surface area contributed by atoms with Crippen molar-refractivity contribution in [2.24, 2.45) is 5.92 Å². The van der Waals surface area contributed by atoms with Gasteiger partial charge in [0.15, 0.2) is 6.10 Å². The van der Waals surface area contributed by atoms with Crippen molar-refractivity contribution in [2.45, 2.75) is 46.3 Å². The molecular weight excluding hydrogens is 262 g/mol. The number of carbonyl (C=O) groups excluding carboxylic acids is 1. The Kier molecular flexibility index (Phi) is 6.16. The molecule has 2 atom stereocenters. The van der Waals surface area contributed by atoms with E-state index in [0.29, 0.717) is 23.1 Å². The van der Waals surface area contributed by atoms with Crippen molar-refractivity contribution in [3.63, 3.8) is 0 Å². The molecule has 1 rings (SSSR count). The Bertz CT molecular complexity index is 420. The monoisotopic (exact) mass is 283 g/mol. The quantitative estimate of drug-likeness (QED) is 0.865. The average Bonchev–Trinajstić information content (AvgIpc) is 2.37. The first kappa shape index (κ1) is 15.8. The predicted molar refractivity (Wildman–Crippen MR) is 78.6 cm³/mol. The minimum Gasteiger partial charge on any atom is -0.479 e. The van der Waals surface area contributed by atoms with Crippen LogP contribution in [0.3, 0.4) is 0 Å². The van der Waals surface area contributed by atoms with Crippen molar-refractivity contribution in [3.05, 3.63) is 29.3 Å². The molecule has 0 saturated carbocycles. The second-order valence-electron chi connectivity index (χ2n) is 4.99. The topological polar surface area (TPSA) is 38.3 Å². The zero-order valence-electron chi connectivity index (χ0n) is 11.9. The van der Waals surface area contributed by atoms with Crippen LogP contribution in [0.1, 0.15) is 34.1 Å². The number of amides is 1. The summed E-state index contributed by atoms with van der Waals surface area (Å²) in [6, 6.07) is 7.30. The van der Waals surface area contributed by atoms with Gasteiger partial charge < -0.3 is 10.1 Å². The lowest BCUT2D eigenvalue weighted by Crippen LogP contribution is -2.44. The molecule has 0 radical (unpaired) electrons. The number of halogens is 1. The van der Waals surface area contributed by atoms with Crippen molar-refractivity contribution in [2.75, 3.05) is 0 Å². The number of rotatable bonds is 6. The van der Waals surface area contributed by atoms with E-state index >= 15 is 0 Å². The van der Waals surface area contributed by atoms with Gasteiger partial charge >= 0.3 is 0 Å². The molecule has 0 aromatic heterocycles.